The van der Waals surface area contributed by atoms with Crippen molar-refractivity contribution in [2.75, 3.05) is 25.5 Å². The summed E-state index contributed by atoms with van der Waals surface area (Å²) in [6.45, 7) is 0.294. The molecule has 0 spiro atoms. The second-order valence-corrected chi connectivity index (χ2v) is 8.61. The summed E-state index contributed by atoms with van der Waals surface area (Å²) in [5.41, 5.74) is 6.13. The van der Waals surface area contributed by atoms with E-state index >= 15 is 0 Å². The van der Waals surface area contributed by atoms with Gasteiger partial charge in [0.25, 0.3) is 0 Å². The number of hydrogen-bond donors (Lipinski definition) is 2. The maximum atomic E-state index is 12.5. The highest BCUT2D eigenvalue weighted by Gasteiger charge is 2.35. The molecule has 0 radical (unpaired) electrons. The smallest absolute Gasteiger partial charge is 0.406 e. The van der Waals surface area contributed by atoms with Gasteiger partial charge in [0, 0.05) is 19.5 Å². The summed E-state index contributed by atoms with van der Waals surface area (Å²) in [6.07, 6.45) is -0.518. The summed E-state index contributed by atoms with van der Waals surface area (Å²) in [5, 5.41) is 2.82. The van der Waals surface area contributed by atoms with Crippen molar-refractivity contribution in [3.05, 3.63) is 18.2 Å². The first-order valence-electron chi connectivity index (χ1n) is 9.49. The molecule has 1 aromatic heterocycles. The van der Waals surface area contributed by atoms with Gasteiger partial charge in [-0.05, 0) is 36.9 Å². The molecule has 1 aromatic carbocycles. The minimum atomic E-state index is -4.78. The fourth-order valence-corrected chi connectivity index (χ4v) is 4.56. The molecule has 164 valence electrons. The fourth-order valence-electron chi connectivity index (χ4n) is 3.65. The summed E-state index contributed by atoms with van der Waals surface area (Å²) < 4.78 is 41.4. The molecular weight excluding hydrogens is 421 g/mol. The molecule has 0 saturated heterocycles. The maximum Gasteiger partial charge on any atom is 0.573 e. The van der Waals surface area contributed by atoms with E-state index in [0.717, 1.165) is 43.1 Å². The number of likely N-dealkylation sites (N-methyl/N-ethyl adjacent to an activating group) is 1. The van der Waals surface area contributed by atoms with Gasteiger partial charge in [-0.3, -0.25) is 9.59 Å². The normalized spacial score (nSPS) is 15.9. The first-order valence-corrected chi connectivity index (χ1v) is 10.3. The lowest BCUT2D eigenvalue weighted by molar-refractivity contribution is -0.274. The number of carbonyl (C=O) groups is 2. The molecule has 3 rings (SSSR count). The summed E-state index contributed by atoms with van der Waals surface area (Å²) in [6, 6.07) is 3.75. The lowest BCUT2D eigenvalue weighted by Gasteiger charge is -2.28. The van der Waals surface area contributed by atoms with Crippen LogP contribution in [0.25, 0.3) is 10.2 Å². The average molecular weight is 444 g/mol. The van der Waals surface area contributed by atoms with Crippen LogP contribution < -0.4 is 15.8 Å². The second-order valence-electron chi connectivity index (χ2n) is 7.58. The van der Waals surface area contributed by atoms with Crippen LogP contribution >= 0.6 is 11.3 Å². The van der Waals surface area contributed by atoms with Crippen LogP contribution in [0, 0.1) is 5.41 Å². The molecule has 1 fully saturated rings. The third-order valence-electron chi connectivity index (χ3n) is 5.27. The Labute approximate surface area is 175 Å². The predicted molar refractivity (Wildman–Crippen MR) is 107 cm³/mol. The molecule has 1 aliphatic carbocycles. The third-order valence-corrected chi connectivity index (χ3v) is 6.20. The summed E-state index contributed by atoms with van der Waals surface area (Å²) in [4.78, 5) is 30.4. The van der Waals surface area contributed by atoms with Crippen LogP contribution in [0.5, 0.6) is 5.75 Å². The first-order chi connectivity index (χ1) is 14.1. The fraction of sp³-hybridized carbons (Fsp3) is 0.526. The number of benzene rings is 1. The lowest BCUT2D eigenvalue weighted by Crippen LogP contribution is -2.39. The number of carbonyl (C=O) groups excluding carboxylic acids is 2. The molecule has 3 N–H and O–H groups in total. The topological polar surface area (TPSA) is 97.5 Å². The molecule has 0 bridgehead atoms. The van der Waals surface area contributed by atoms with E-state index in [0.29, 0.717) is 23.2 Å². The van der Waals surface area contributed by atoms with E-state index in [9.17, 15) is 22.8 Å². The van der Waals surface area contributed by atoms with Crippen molar-refractivity contribution in [2.24, 2.45) is 11.1 Å². The van der Waals surface area contributed by atoms with Crippen LogP contribution in [0.15, 0.2) is 18.2 Å². The second kappa shape index (κ2) is 8.76. The molecule has 0 unspecified atom stereocenters. The highest BCUT2D eigenvalue weighted by molar-refractivity contribution is 7.22. The molecule has 11 heteroatoms. The largest absolute Gasteiger partial charge is 0.573 e. The van der Waals surface area contributed by atoms with Crippen molar-refractivity contribution in [2.45, 2.75) is 38.5 Å². The highest BCUT2D eigenvalue weighted by Crippen LogP contribution is 2.40. The zero-order chi connectivity index (χ0) is 21.9. The van der Waals surface area contributed by atoms with Crippen LogP contribution in [0.3, 0.4) is 0 Å². The molecule has 1 heterocycles. The average Bonchev–Trinajstić information content (AvgIpc) is 3.26. The Morgan fingerprint density at radius 3 is 2.67 bits per heavy atom. The standard InChI is InChI=1S/C19H23F3N4O3S/c1-26(16(28)9-18(11-23)6-2-3-7-18)10-15(27)25-17-24-13-5-4-12(8-14(13)30-17)29-19(20,21)22/h4-5,8H,2-3,6-7,9-11,23H2,1H3,(H,24,25,27). The van der Waals surface area contributed by atoms with E-state index in [1.807, 2.05) is 0 Å². The third kappa shape index (κ3) is 5.60. The van der Waals surface area contributed by atoms with E-state index in [2.05, 4.69) is 15.0 Å². The van der Waals surface area contributed by atoms with Gasteiger partial charge in [0.2, 0.25) is 11.8 Å². The van der Waals surface area contributed by atoms with Gasteiger partial charge in [0.15, 0.2) is 5.13 Å². The van der Waals surface area contributed by atoms with E-state index < -0.39 is 12.3 Å². The summed E-state index contributed by atoms with van der Waals surface area (Å²) in [5.74, 6) is -0.941. The van der Waals surface area contributed by atoms with Crippen LogP contribution in [0.4, 0.5) is 18.3 Å². The number of anilines is 1. The number of fused-ring (bicyclic) bond motifs is 1. The molecular formula is C19H23F3N4O3S. The van der Waals surface area contributed by atoms with Crippen LogP contribution in [0.1, 0.15) is 32.1 Å². The number of nitrogens with zero attached hydrogens (tertiary/aromatic N) is 2. The number of nitrogens with two attached hydrogens (primary N) is 1. The van der Waals surface area contributed by atoms with Crippen LogP contribution in [0.2, 0.25) is 0 Å². The zero-order valence-corrected chi connectivity index (χ0v) is 17.2. The summed E-state index contributed by atoms with van der Waals surface area (Å²) >= 11 is 1.02. The highest BCUT2D eigenvalue weighted by atomic mass is 32.1. The molecule has 0 atom stereocenters. The van der Waals surface area contributed by atoms with Gasteiger partial charge in [-0.2, -0.15) is 0 Å². The van der Waals surface area contributed by atoms with E-state index in [1.165, 1.54) is 17.0 Å². The SMILES string of the molecule is CN(CC(=O)Nc1nc2ccc(OC(F)(F)F)cc2s1)C(=O)CC1(CN)CCCC1. The van der Waals surface area contributed by atoms with Crippen molar-refractivity contribution in [1.29, 1.82) is 0 Å². The number of nitrogens with one attached hydrogen (secondary N) is 1. The Morgan fingerprint density at radius 2 is 2.03 bits per heavy atom. The minimum Gasteiger partial charge on any atom is -0.406 e. The monoisotopic (exact) mass is 444 g/mol. The van der Waals surface area contributed by atoms with Crippen molar-refractivity contribution in [3.63, 3.8) is 0 Å². The Kier molecular flexibility index (Phi) is 6.51. The van der Waals surface area contributed by atoms with Gasteiger partial charge in [-0.15, -0.1) is 13.2 Å². The maximum absolute atomic E-state index is 12.5. The molecule has 0 aliphatic heterocycles. The number of halogens is 3. The van der Waals surface area contributed by atoms with Crippen LogP contribution in [-0.2, 0) is 9.59 Å². The van der Waals surface area contributed by atoms with Gasteiger partial charge in [-0.25, -0.2) is 4.98 Å². The summed E-state index contributed by atoms with van der Waals surface area (Å²) in [7, 11) is 1.56. The minimum absolute atomic E-state index is 0.143. The molecule has 2 amide bonds. The van der Waals surface area contributed by atoms with E-state index in [4.69, 9.17) is 5.73 Å². The van der Waals surface area contributed by atoms with Crippen molar-refractivity contribution in [3.8, 4) is 5.75 Å². The number of rotatable bonds is 7. The molecule has 1 aliphatic rings. The number of aromatic nitrogens is 1. The van der Waals surface area contributed by atoms with Gasteiger partial charge >= 0.3 is 6.36 Å². The number of hydrogen-bond acceptors (Lipinski definition) is 6. The predicted octanol–water partition coefficient (Wildman–Crippen LogP) is 3.50. The Hall–Kier alpha value is -2.40. The number of ether oxygens (including phenoxy) is 1. The zero-order valence-electron chi connectivity index (χ0n) is 16.4. The van der Waals surface area contributed by atoms with Gasteiger partial charge in [-0.1, -0.05) is 24.2 Å². The van der Waals surface area contributed by atoms with Crippen LogP contribution in [-0.4, -0.2) is 48.2 Å². The lowest BCUT2D eigenvalue weighted by atomic mass is 9.82. The van der Waals surface area contributed by atoms with Crippen molar-refractivity contribution >= 4 is 38.5 Å². The quantitative estimate of drug-likeness (QED) is 0.681. The van der Waals surface area contributed by atoms with Gasteiger partial charge in [0.05, 0.1) is 16.8 Å². The Bertz CT molecular complexity index is 925. The molecule has 30 heavy (non-hydrogen) atoms. The number of thiazole rings is 1. The number of alkyl halides is 3. The van der Waals surface area contributed by atoms with Crippen molar-refractivity contribution in [1.82, 2.24) is 9.88 Å². The number of amides is 2. The van der Waals surface area contributed by atoms with Gasteiger partial charge in [0.1, 0.15) is 5.75 Å². The van der Waals surface area contributed by atoms with Crippen molar-refractivity contribution < 1.29 is 27.5 Å². The molecule has 2 aromatic rings. The van der Waals surface area contributed by atoms with E-state index in [1.54, 1.807) is 7.05 Å². The molecule has 1 saturated carbocycles. The first kappa shape index (κ1) is 22.3. The Morgan fingerprint density at radius 1 is 1.33 bits per heavy atom. The Balaban J connectivity index is 1.58. The molecule has 7 nitrogen and oxygen atoms in total. The van der Waals surface area contributed by atoms with E-state index in [-0.39, 0.29) is 28.7 Å². The van der Waals surface area contributed by atoms with Gasteiger partial charge < -0.3 is 20.7 Å².